The minimum Gasteiger partial charge on any atom is -0.444 e. The van der Waals surface area contributed by atoms with Crippen molar-refractivity contribution in [3.63, 3.8) is 0 Å². The summed E-state index contributed by atoms with van der Waals surface area (Å²) >= 11 is 0. The molecule has 0 bridgehead atoms. The highest BCUT2D eigenvalue weighted by molar-refractivity contribution is 5.74. The zero-order valence-electron chi connectivity index (χ0n) is 13.2. The van der Waals surface area contributed by atoms with Gasteiger partial charge in [0.05, 0.1) is 24.5 Å². The molecule has 0 aliphatic carbocycles. The Morgan fingerprint density at radius 1 is 1.52 bits per heavy atom. The average Bonchev–Trinajstić information content (AvgIpc) is 2.73. The van der Waals surface area contributed by atoms with Crippen LogP contribution in [0.2, 0.25) is 0 Å². The quantitative estimate of drug-likeness (QED) is 0.844. The van der Waals surface area contributed by atoms with Crippen molar-refractivity contribution in [1.82, 2.24) is 9.88 Å². The Bertz CT molecular complexity index is 629. The number of aromatic nitrogens is 1. The maximum Gasteiger partial charge on any atom is 0.411 e. The van der Waals surface area contributed by atoms with Crippen LogP contribution in [0.3, 0.4) is 0 Å². The lowest BCUT2D eigenvalue weighted by Crippen LogP contribution is -2.38. The van der Waals surface area contributed by atoms with Gasteiger partial charge in [0.1, 0.15) is 11.3 Å². The summed E-state index contributed by atoms with van der Waals surface area (Å²) in [7, 11) is 0. The molecule has 0 radical (unpaired) electrons. The highest BCUT2D eigenvalue weighted by Crippen LogP contribution is 2.43. The number of likely N-dealkylation sites (tertiary alicyclic amines) is 1. The monoisotopic (exact) mass is 327 g/mol. The smallest absolute Gasteiger partial charge is 0.411 e. The van der Waals surface area contributed by atoms with Gasteiger partial charge in [0.15, 0.2) is 6.29 Å². The minimum absolute atomic E-state index is 0.0635. The summed E-state index contributed by atoms with van der Waals surface area (Å²) in [6.07, 6.45) is 0.290. The summed E-state index contributed by atoms with van der Waals surface area (Å²) in [6.45, 7) is 4.20. The Labute approximate surface area is 132 Å². The van der Waals surface area contributed by atoms with Crippen molar-refractivity contribution in [3.8, 4) is 0 Å². The second-order valence-electron chi connectivity index (χ2n) is 6.54. The Morgan fingerprint density at radius 3 is 2.74 bits per heavy atom. The fraction of sp³-hybridized carbons (Fsp3) is 0.533. The van der Waals surface area contributed by atoms with E-state index >= 15 is 0 Å². The molecule has 1 saturated heterocycles. The van der Waals surface area contributed by atoms with E-state index in [1.54, 1.807) is 20.8 Å². The van der Waals surface area contributed by atoms with Gasteiger partial charge in [0, 0.05) is 12.0 Å². The highest BCUT2D eigenvalue weighted by atomic mass is 19.3. The summed E-state index contributed by atoms with van der Waals surface area (Å²) in [4.78, 5) is 27.8. The molecule has 2 N–H and O–H groups in total. The van der Waals surface area contributed by atoms with Gasteiger partial charge in [-0.05, 0) is 26.8 Å². The first-order valence-corrected chi connectivity index (χ1v) is 7.10. The number of halogens is 2. The molecule has 1 atom stereocenters. The number of nitrogens with zero attached hydrogens (tertiary/aromatic N) is 2. The Kier molecular flexibility index (Phi) is 4.28. The molecule has 1 aliphatic heterocycles. The van der Waals surface area contributed by atoms with E-state index < -0.39 is 36.6 Å². The number of nitrogens with two attached hydrogens (primary N) is 1. The highest BCUT2D eigenvalue weighted by Gasteiger charge is 2.49. The van der Waals surface area contributed by atoms with E-state index in [1.807, 2.05) is 0 Å². The van der Waals surface area contributed by atoms with Crippen LogP contribution >= 0.6 is 0 Å². The Hall–Kier alpha value is -2.25. The number of rotatable bonds is 2. The van der Waals surface area contributed by atoms with Crippen molar-refractivity contribution in [2.45, 2.75) is 44.8 Å². The summed E-state index contributed by atoms with van der Waals surface area (Å²) < 4.78 is 32.9. The summed E-state index contributed by atoms with van der Waals surface area (Å²) in [5.41, 5.74) is 5.47. The van der Waals surface area contributed by atoms with E-state index in [4.69, 9.17) is 10.5 Å². The maximum atomic E-state index is 13.9. The third-order valence-corrected chi connectivity index (χ3v) is 3.37. The van der Waals surface area contributed by atoms with Crippen molar-refractivity contribution >= 4 is 18.1 Å². The average molecular weight is 327 g/mol. The molecular formula is C15H19F2N3O3. The van der Waals surface area contributed by atoms with Crippen LogP contribution in [0.1, 0.15) is 49.3 Å². The van der Waals surface area contributed by atoms with E-state index in [1.165, 1.54) is 12.3 Å². The standard InChI is InChI=1S/C15H19F2N3O3/c1-14(2,3)23-13(22)20-8-15(16,17)5-12(20)10-4-9(7-21)19-6-11(10)18/h4,6-7,12H,5,8,18H2,1-3H3. The number of carbonyl (C=O) groups excluding carboxylic acids is 2. The topological polar surface area (TPSA) is 85.5 Å². The van der Waals surface area contributed by atoms with Crippen LogP contribution in [0.4, 0.5) is 19.3 Å². The Balaban J connectivity index is 2.38. The third-order valence-electron chi connectivity index (χ3n) is 3.37. The van der Waals surface area contributed by atoms with Gasteiger partial charge in [-0.1, -0.05) is 0 Å². The lowest BCUT2D eigenvalue weighted by molar-refractivity contribution is -0.00242. The molecule has 1 unspecified atom stereocenters. The molecule has 23 heavy (non-hydrogen) atoms. The van der Waals surface area contributed by atoms with Gasteiger partial charge in [0.2, 0.25) is 0 Å². The van der Waals surface area contributed by atoms with Gasteiger partial charge in [-0.2, -0.15) is 0 Å². The number of amides is 1. The molecule has 1 aliphatic rings. The Morgan fingerprint density at radius 2 is 2.17 bits per heavy atom. The number of anilines is 1. The van der Waals surface area contributed by atoms with Crippen LogP contribution in [-0.2, 0) is 4.74 Å². The number of aldehydes is 1. The molecular weight excluding hydrogens is 308 g/mol. The first-order valence-electron chi connectivity index (χ1n) is 7.10. The SMILES string of the molecule is CC(C)(C)OC(=O)N1CC(F)(F)CC1c1cc(C=O)ncc1N. The number of nitrogen functional groups attached to an aromatic ring is 1. The fourth-order valence-electron chi connectivity index (χ4n) is 2.46. The molecule has 0 saturated carbocycles. The molecule has 8 heteroatoms. The van der Waals surface area contributed by atoms with E-state index in [2.05, 4.69) is 4.98 Å². The van der Waals surface area contributed by atoms with Gasteiger partial charge in [-0.15, -0.1) is 0 Å². The predicted octanol–water partition coefficient (Wildman–Crippen LogP) is 2.79. The zero-order valence-corrected chi connectivity index (χ0v) is 13.2. The number of alkyl halides is 2. The number of ether oxygens (including phenoxy) is 1. The second-order valence-corrected chi connectivity index (χ2v) is 6.54. The van der Waals surface area contributed by atoms with E-state index in [0.717, 1.165) is 4.90 Å². The zero-order chi connectivity index (χ0) is 17.4. The van der Waals surface area contributed by atoms with Gasteiger partial charge in [-0.25, -0.2) is 13.6 Å². The van der Waals surface area contributed by atoms with E-state index in [9.17, 15) is 18.4 Å². The normalized spacial score (nSPS) is 20.4. The number of hydrogen-bond donors (Lipinski definition) is 1. The van der Waals surface area contributed by atoms with Crippen molar-refractivity contribution in [2.24, 2.45) is 0 Å². The summed E-state index contributed by atoms with van der Waals surface area (Å²) in [6, 6.07) is 0.354. The molecule has 0 spiro atoms. The first-order chi connectivity index (χ1) is 10.5. The van der Waals surface area contributed by atoms with Crippen LogP contribution < -0.4 is 5.73 Å². The van der Waals surface area contributed by atoms with Crippen LogP contribution in [0.15, 0.2) is 12.3 Å². The fourth-order valence-corrected chi connectivity index (χ4v) is 2.46. The van der Waals surface area contributed by atoms with Gasteiger partial charge >= 0.3 is 6.09 Å². The number of carbonyl (C=O) groups is 2. The van der Waals surface area contributed by atoms with Gasteiger partial charge in [-0.3, -0.25) is 14.7 Å². The molecule has 2 heterocycles. The van der Waals surface area contributed by atoms with Gasteiger partial charge < -0.3 is 10.5 Å². The van der Waals surface area contributed by atoms with Crippen molar-refractivity contribution in [2.75, 3.05) is 12.3 Å². The first kappa shape index (κ1) is 17.1. The van der Waals surface area contributed by atoms with Crippen LogP contribution in [0.5, 0.6) is 0 Å². The molecule has 2 rings (SSSR count). The third kappa shape index (κ3) is 3.94. The summed E-state index contributed by atoms with van der Waals surface area (Å²) in [5, 5.41) is 0. The number of pyridine rings is 1. The largest absolute Gasteiger partial charge is 0.444 e. The molecule has 1 aromatic rings. The van der Waals surface area contributed by atoms with Gasteiger partial charge in [0.25, 0.3) is 5.92 Å². The lowest BCUT2D eigenvalue weighted by atomic mass is 10.0. The van der Waals surface area contributed by atoms with Crippen LogP contribution in [-0.4, -0.2) is 40.3 Å². The number of hydrogen-bond acceptors (Lipinski definition) is 5. The van der Waals surface area contributed by atoms with Crippen molar-refractivity contribution in [1.29, 1.82) is 0 Å². The second kappa shape index (κ2) is 5.75. The molecule has 1 fully saturated rings. The lowest BCUT2D eigenvalue weighted by Gasteiger charge is -2.28. The minimum atomic E-state index is -3.06. The maximum absolute atomic E-state index is 13.9. The molecule has 6 nitrogen and oxygen atoms in total. The molecule has 1 aromatic heterocycles. The van der Waals surface area contributed by atoms with Crippen LogP contribution in [0, 0.1) is 0 Å². The van der Waals surface area contributed by atoms with Crippen molar-refractivity contribution in [3.05, 3.63) is 23.5 Å². The van der Waals surface area contributed by atoms with Crippen LogP contribution in [0.25, 0.3) is 0 Å². The molecule has 0 aromatic carbocycles. The summed E-state index contributed by atoms with van der Waals surface area (Å²) in [5.74, 6) is -3.06. The van der Waals surface area contributed by atoms with Crippen molar-refractivity contribution < 1.29 is 23.1 Å². The molecule has 126 valence electrons. The molecule has 1 amide bonds. The predicted molar refractivity (Wildman–Crippen MR) is 79.3 cm³/mol. The van der Waals surface area contributed by atoms with E-state index in [-0.39, 0.29) is 16.9 Å². The van der Waals surface area contributed by atoms with E-state index in [0.29, 0.717) is 6.29 Å².